The third kappa shape index (κ3) is 10.2. The van der Waals surface area contributed by atoms with Crippen molar-refractivity contribution >= 4 is 16.8 Å². The molecule has 100 valence electrons. The number of hydrogen-bond donors (Lipinski definition) is 0. The van der Waals surface area contributed by atoms with Crippen LogP contribution in [0, 0.1) is 10.1 Å². The van der Waals surface area contributed by atoms with Crippen molar-refractivity contribution < 1.29 is 14.5 Å². The Balaban J connectivity index is 3.67. The molecule has 0 aliphatic heterocycles. The van der Waals surface area contributed by atoms with Gasteiger partial charge in [0, 0.05) is 12.8 Å². The Morgan fingerprint density at radius 1 is 1.35 bits per heavy atom. The summed E-state index contributed by atoms with van der Waals surface area (Å²) < 4.78 is 5.20. The van der Waals surface area contributed by atoms with Crippen LogP contribution in [0.3, 0.4) is 0 Å². The summed E-state index contributed by atoms with van der Waals surface area (Å²) in [4.78, 5) is 20.7. The van der Waals surface area contributed by atoms with Crippen molar-refractivity contribution in [2.24, 2.45) is 0 Å². The van der Waals surface area contributed by atoms with Gasteiger partial charge in [0.25, 0.3) is 0 Å². The SMILES string of the molecule is CCCCCOC(CCCCC(=O)Cl)[N+](=O)[O-]. The van der Waals surface area contributed by atoms with Crippen LogP contribution in [0.25, 0.3) is 0 Å². The maximum atomic E-state index is 10.7. The fraction of sp³-hybridized carbons (Fsp3) is 0.909. The number of nitro groups is 1. The summed E-state index contributed by atoms with van der Waals surface area (Å²) in [6.45, 7) is 2.49. The highest BCUT2D eigenvalue weighted by Gasteiger charge is 2.19. The lowest BCUT2D eigenvalue weighted by molar-refractivity contribution is -0.577. The number of hydrogen-bond acceptors (Lipinski definition) is 4. The van der Waals surface area contributed by atoms with E-state index in [9.17, 15) is 14.9 Å². The molecule has 0 fully saturated rings. The van der Waals surface area contributed by atoms with E-state index in [4.69, 9.17) is 16.3 Å². The molecule has 0 saturated carbocycles. The zero-order chi connectivity index (χ0) is 13.1. The van der Waals surface area contributed by atoms with Crippen LogP contribution < -0.4 is 0 Å². The summed E-state index contributed by atoms with van der Waals surface area (Å²) in [5, 5.41) is 10.3. The first kappa shape index (κ1) is 16.3. The molecule has 6 heteroatoms. The lowest BCUT2D eigenvalue weighted by Crippen LogP contribution is -2.23. The molecule has 0 aliphatic carbocycles. The molecule has 0 rings (SSSR count). The van der Waals surface area contributed by atoms with Gasteiger partial charge in [0.1, 0.15) is 0 Å². The fourth-order valence-corrected chi connectivity index (χ4v) is 1.54. The number of carbonyl (C=O) groups excluding carboxylic acids is 1. The van der Waals surface area contributed by atoms with E-state index >= 15 is 0 Å². The molecule has 0 aromatic heterocycles. The predicted octanol–water partition coefficient (Wildman–Crippen LogP) is 3.12. The van der Waals surface area contributed by atoms with Crippen molar-refractivity contribution in [2.75, 3.05) is 6.61 Å². The van der Waals surface area contributed by atoms with Crippen molar-refractivity contribution in [3.05, 3.63) is 10.1 Å². The van der Waals surface area contributed by atoms with Gasteiger partial charge in [-0.3, -0.25) is 14.9 Å². The molecular formula is C11H20ClNO4. The first-order valence-corrected chi connectivity index (χ1v) is 6.39. The molecule has 0 aromatic rings. The standard InChI is InChI=1S/C11H20ClNO4/c1-2-3-6-9-17-11(13(15)16)8-5-4-7-10(12)14/h11H,2-9H2,1H3. The van der Waals surface area contributed by atoms with Crippen LogP contribution in [-0.4, -0.2) is 23.0 Å². The van der Waals surface area contributed by atoms with Crippen LogP contribution in [0.5, 0.6) is 0 Å². The average molecular weight is 266 g/mol. The number of carbonyl (C=O) groups is 1. The second kappa shape index (κ2) is 10.5. The van der Waals surface area contributed by atoms with Gasteiger partial charge in [-0.25, -0.2) is 0 Å². The highest BCUT2D eigenvalue weighted by Crippen LogP contribution is 2.09. The summed E-state index contributed by atoms with van der Waals surface area (Å²) in [7, 11) is 0. The number of unbranched alkanes of at least 4 members (excludes halogenated alkanes) is 3. The molecule has 0 N–H and O–H groups in total. The number of halogens is 1. The molecule has 17 heavy (non-hydrogen) atoms. The van der Waals surface area contributed by atoms with E-state index in [1.807, 2.05) is 0 Å². The van der Waals surface area contributed by atoms with Gasteiger partial charge in [-0.2, -0.15) is 0 Å². The zero-order valence-electron chi connectivity index (χ0n) is 10.2. The van der Waals surface area contributed by atoms with E-state index < -0.39 is 16.4 Å². The van der Waals surface area contributed by atoms with Gasteiger partial charge in [-0.15, -0.1) is 0 Å². The Labute approximate surface area is 107 Å². The molecular weight excluding hydrogens is 246 g/mol. The maximum absolute atomic E-state index is 10.7. The first-order valence-electron chi connectivity index (χ1n) is 6.01. The van der Waals surface area contributed by atoms with Gasteiger partial charge in [0.15, 0.2) is 0 Å². The Kier molecular flexibility index (Phi) is 10.1. The third-order valence-corrected chi connectivity index (χ3v) is 2.56. The first-order chi connectivity index (χ1) is 8.07. The number of rotatable bonds is 11. The van der Waals surface area contributed by atoms with Gasteiger partial charge in [-0.05, 0) is 30.9 Å². The van der Waals surface area contributed by atoms with Crippen molar-refractivity contribution in [2.45, 2.75) is 58.1 Å². The summed E-state index contributed by atoms with van der Waals surface area (Å²) in [6, 6.07) is 0. The molecule has 1 unspecified atom stereocenters. The Hall–Kier alpha value is -0.680. The Morgan fingerprint density at radius 2 is 2.06 bits per heavy atom. The molecule has 0 radical (unpaired) electrons. The average Bonchev–Trinajstić information content (AvgIpc) is 2.26. The van der Waals surface area contributed by atoms with E-state index in [1.165, 1.54) is 0 Å². The molecule has 0 aromatic carbocycles. The van der Waals surface area contributed by atoms with Crippen LogP contribution in [-0.2, 0) is 9.53 Å². The zero-order valence-corrected chi connectivity index (χ0v) is 10.9. The highest BCUT2D eigenvalue weighted by atomic mass is 35.5. The van der Waals surface area contributed by atoms with E-state index in [0.29, 0.717) is 25.9 Å². The molecule has 0 aliphatic rings. The predicted molar refractivity (Wildman–Crippen MR) is 65.6 cm³/mol. The Bertz CT molecular complexity index is 236. The summed E-state index contributed by atoms with van der Waals surface area (Å²) >= 11 is 5.17. The molecule has 0 amide bonds. The van der Waals surface area contributed by atoms with Crippen molar-refractivity contribution in [3.63, 3.8) is 0 Å². The van der Waals surface area contributed by atoms with Gasteiger partial charge < -0.3 is 4.74 Å². The van der Waals surface area contributed by atoms with E-state index in [0.717, 1.165) is 19.3 Å². The van der Waals surface area contributed by atoms with Crippen molar-refractivity contribution in [1.82, 2.24) is 0 Å². The summed E-state index contributed by atoms with van der Waals surface area (Å²) in [5.74, 6) is 0. The minimum absolute atomic E-state index is 0.266. The Morgan fingerprint density at radius 3 is 2.59 bits per heavy atom. The monoisotopic (exact) mass is 265 g/mol. The van der Waals surface area contributed by atoms with Crippen LogP contribution in [0.2, 0.25) is 0 Å². The third-order valence-electron chi connectivity index (χ3n) is 2.37. The molecule has 0 heterocycles. The van der Waals surface area contributed by atoms with Gasteiger partial charge in [0.05, 0.1) is 11.5 Å². The summed E-state index contributed by atoms with van der Waals surface area (Å²) in [5.41, 5.74) is 0. The van der Waals surface area contributed by atoms with E-state index in [1.54, 1.807) is 0 Å². The quantitative estimate of drug-likeness (QED) is 0.189. The van der Waals surface area contributed by atoms with Gasteiger partial charge in [0.2, 0.25) is 5.24 Å². The minimum atomic E-state index is -0.947. The van der Waals surface area contributed by atoms with E-state index in [-0.39, 0.29) is 6.42 Å². The van der Waals surface area contributed by atoms with Crippen molar-refractivity contribution in [1.29, 1.82) is 0 Å². The smallest absolute Gasteiger partial charge is 0.315 e. The van der Waals surface area contributed by atoms with Crippen LogP contribution in [0.4, 0.5) is 0 Å². The van der Waals surface area contributed by atoms with E-state index in [2.05, 4.69) is 6.92 Å². The van der Waals surface area contributed by atoms with Gasteiger partial charge >= 0.3 is 6.23 Å². The molecule has 0 saturated heterocycles. The molecule has 5 nitrogen and oxygen atoms in total. The normalized spacial score (nSPS) is 12.4. The number of nitrogens with zero attached hydrogens (tertiary/aromatic N) is 1. The van der Waals surface area contributed by atoms with Crippen LogP contribution in [0.15, 0.2) is 0 Å². The maximum Gasteiger partial charge on any atom is 0.315 e. The van der Waals surface area contributed by atoms with Crippen molar-refractivity contribution in [3.8, 4) is 0 Å². The lowest BCUT2D eigenvalue weighted by Gasteiger charge is -2.09. The molecule has 0 bridgehead atoms. The minimum Gasteiger partial charge on any atom is -0.317 e. The topological polar surface area (TPSA) is 69.4 Å². The highest BCUT2D eigenvalue weighted by molar-refractivity contribution is 6.63. The lowest BCUT2D eigenvalue weighted by atomic mass is 10.2. The second-order valence-corrected chi connectivity index (χ2v) is 4.34. The fourth-order valence-electron chi connectivity index (χ4n) is 1.40. The number of ether oxygens (including phenoxy) is 1. The van der Waals surface area contributed by atoms with Crippen LogP contribution >= 0.6 is 11.6 Å². The van der Waals surface area contributed by atoms with Crippen LogP contribution in [0.1, 0.15) is 51.9 Å². The molecule has 1 atom stereocenters. The molecule has 0 spiro atoms. The second-order valence-electron chi connectivity index (χ2n) is 3.92. The largest absolute Gasteiger partial charge is 0.317 e. The van der Waals surface area contributed by atoms with Gasteiger partial charge in [-0.1, -0.05) is 19.8 Å². The summed E-state index contributed by atoms with van der Waals surface area (Å²) in [6.07, 6.45) is 3.74.